The van der Waals surface area contributed by atoms with Gasteiger partial charge in [-0.3, -0.25) is 15.0 Å². The van der Waals surface area contributed by atoms with E-state index < -0.39 is 48.2 Å². The van der Waals surface area contributed by atoms with E-state index in [9.17, 15) is 24.3 Å². The van der Waals surface area contributed by atoms with Crippen LogP contribution in [0.4, 0.5) is 9.59 Å². The zero-order chi connectivity index (χ0) is 41.9. The molecule has 3 aromatic rings. The van der Waals surface area contributed by atoms with Crippen molar-refractivity contribution in [2.45, 2.75) is 85.3 Å². The lowest BCUT2D eigenvalue weighted by Gasteiger charge is -2.33. The molecular formula is C42H59N5O10. The Morgan fingerprint density at radius 1 is 0.684 bits per heavy atom. The summed E-state index contributed by atoms with van der Waals surface area (Å²) in [6.45, 7) is 11.0. The maximum atomic E-state index is 13.8. The van der Waals surface area contributed by atoms with Crippen LogP contribution in [0.5, 0.6) is 17.2 Å². The minimum Gasteiger partial charge on any atom is -0.493 e. The predicted octanol–water partition coefficient (Wildman–Crippen LogP) is 4.75. The third-order valence-corrected chi connectivity index (χ3v) is 8.91. The molecule has 0 aromatic heterocycles. The van der Waals surface area contributed by atoms with Crippen LogP contribution in [0.2, 0.25) is 0 Å². The van der Waals surface area contributed by atoms with Gasteiger partial charge in [0, 0.05) is 13.1 Å². The minimum absolute atomic E-state index is 0.131. The lowest BCUT2D eigenvalue weighted by molar-refractivity contribution is -0.131. The van der Waals surface area contributed by atoms with E-state index in [1.54, 1.807) is 67.9 Å². The molecule has 0 radical (unpaired) electrons. The second kappa shape index (κ2) is 23.5. The van der Waals surface area contributed by atoms with E-state index in [1.807, 2.05) is 60.7 Å². The van der Waals surface area contributed by atoms with Crippen LogP contribution >= 0.6 is 0 Å². The molecular weight excluding hydrogens is 734 g/mol. The van der Waals surface area contributed by atoms with Gasteiger partial charge in [-0.15, -0.1) is 0 Å². The average molecular weight is 794 g/mol. The number of hydrogen-bond acceptors (Lipinski definition) is 11. The molecule has 0 aliphatic carbocycles. The molecule has 0 saturated heterocycles. The molecule has 5 N–H and O–H groups in total. The molecule has 3 rings (SSSR count). The lowest BCUT2D eigenvalue weighted by Crippen LogP contribution is -2.59. The van der Waals surface area contributed by atoms with Gasteiger partial charge in [0.2, 0.25) is 5.91 Å². The normalized spacial score (nSPS) is 13.2. The molecule has 4 amide bonds. The summed E-state index contributed by atoms with van der Waals surface area (Å²) >= 11 is 0. The van der Waals surface area contributed by atoms with Crippen molar-refractivity contribution in [1.82, 2.24) is 26.4 Å². The Bertz CT molecular complexity index is 1710. The number of rotatable bonds is 22. The number of hydrogen-bond donors (Lipinski definition) is 5. The van der Waals surface area contributed by atoms with E-state index in [2.05, 4.69) is 21.4 Å². The van der Waals surface area contributed by atoms with Crippen molar-refractivity contribution in [2.24, 2.45) is 11.8 Å². The first-order valence-electron chi connectivity index (χ1n) is 19.1. The topological polar surface area (TPSA) is 186 Å². The minimum atomic E-state index is -1.23. The number of methoxy groups -OCH3 is 2. The fourth-order valence-corrected chi connectivity index (χ4v) is 5.87. The van der Waals surface area contributed by atoms with Crippen molar-refractivity contribution in [2.75, 3.05) is 34.0 Å². The van der Waals surface area contributed by atoms with E-state index >= 15 is 0 Å². The van der Waals surface area contributed by atoms with Crippen LogP contribution in [0.3, 0.4) is 0 Å². The van der Waals surface area contributed by atoms with Gasteiger partial charge in [0.05, 0.1) is 39.6 Å². The number of carbonyl (C=O) groups is 4. The van der Waals surface area contributed by atoms with Gasteiger partial charge in [0.15, 0.2) is 11.5 Å². The Balaban J connectivity index is 1.88. The number of benzene rings is 3. The van der Waals surface area contributed by atoms with Gasteiger partial charge < -0.3 is 44.7 Å². The third kappa shape index (κ3) is 15.1. The highest BCUT2D eigenvalue weighted by Crippen LogP contribution is 2.28. The number of carbonyl (C=O) groups excluding carboxylic acids is 4. The molecule has 0 saturated carbocycles. The molecule has 0 aliphatic rings. The van der Waals surface area contributed by atoms with Crippen LogP contribution in [0.25, 0.3) is 0 Å². The van der Waals surface area contributed by atoms with Gasteiger partial charge in [-0.25, -0.2) is 14.6 Å². The monoisotopic (exact) mass is 793 g/mol. The Morgan fingerprint density at radius 2 is 1.25 bits per heavy atom. The molecule has 3 aromatic carbocycles. The first-order chi connectivity index (χ1) is 27.3. The van der Waals surface area contributed by atoms with Gasteiger partial charge in [-0.1, -0.05) is 76.2 Å². The van der Waals surface area contributed by atoms with Crippen LogP contribution < -0.4 is 35.6 Å². The van der Waals surface area contributed by atoms with Crippen LogP contribution in [-0.4, -0.2) is 92.3 Å². The Kier molecular flexibility index (Phi) is 18.9. The maximum absolute atomic E-state index is 13.8. The Labute approximate surface area is 335 Å². The van der Waals surface area contributed by atoms with E-state index in [1.165, 1.54) is 5.01 Å². The van der Waals surface area contributed by atoms with Gasteiger partial charge in [-0.2, -0.15) is 0 Å². The summed E-state index contributed by atoms with van der Waals surface area (Å²) in [6.07, 6.45) is -2.45. The van der Waals surface area contributed by atoms with Crippen LogP contribution in [0.1, 0.15) is 58.2 Å². The molecule has 0 aliphatic heterocycles. The SMILES string of the molecule is CCOC(=O)N[C@H](C(=O)N[C@@H](Cc1ccccc1)[C@@H](O)CN(Cc1ccc(OCc2ccc(OC)c(OC)c2)cc1)NC(=O)[C@@H](NC(=O)OCC)C(C)C)C(C)C. The standard InChI is InChI=1S/C42H59N5O10/c1-9-55-41(51)44-37(27(3)4)39(49)43-33(22-29-14-12-11-13-15-29)34(48)25-47(46-40(50)38(28(5)6)45-42(52)56-10-2)24-30-16-19-32(20-17-30)57-26-31-18-21-35(53-7)36(23-31)54-8/h11-21,23,27-28,33-34,37-38,48H,9-10,22,24-26H2,1-8H3,(H,43,49)(H,44,51)(H,45,52)(H,46,50)/t33-,34-,37-,38-/m0/s1. The highest BCUT2D eigenvalue weighted by atomic mass is 16.6. The number of aliphatic hydroxyl groups is 1. The summed E-state index contributed by atoms with van der Waals surface area (Å²) in [5.74, 6) is 0.165. The van der Waals surface area contributed by atoms with Crippen molar-refractivity contribution < 1.29 is 48.0 Å². The largest absolute Gasteiger partial charge is 0.493 e. The highest BCUT2D eigenvalue weighted by molar-refractivity contribution is 5.86. The van der Waals surface area contributed by atoms with Crippen molar-refractivity contribution in [3.8, 4) is 17.2 Å². The molecule has 0 bridgehead atoms. The number of nitrogens with one attached hydrogen (secondary N) is 4. The van der Waals surface area contributed by atoms with Crippen LogP contribution in [0.15, 0.2) is 72.8 Å². The number of hydrazine groups is 1. The summed E-state index contributed by atoms with van der Waals surface area (Å²) in [6, 6.07) is 19.4. The molecule has 4 atom stereocenters. The summed E-state index contributed by atoms with van der Waals surface area (Å²) in [4.78, 5) is 52.1. The highest BCUT2D eigenvalue weighted by Gasteiger charge is 2.32. The number of ether oxygens (including phenoxy) is 5. The fraction of sp³-hybridized carbons (Fsp3) is 0.476. The van der Waals surface area contributed by atoms with Gasteiger partial charge >= 0.3 is 12.2 Å². The van der Waals surface area contributed by atoms with E-state index in [-0.39, 0.29) is 51.2 Å². The molecule has 312 valence electrons. The first kappa shape index (κ1) is 45.8. The quantitative estimate of drug-likeness (QED) is 0.0885. The van der Waals surface area contributed by atoms with Gasteiger partial charge in [-0.05, 0) is 73.1 Å². The third-order valence-electron chi connectivity index (χ3n) is 8.91. The predicted molar refractivity (Wildman–Crippen MR) is 215 cm³/mol. The molecule has 57 heavy (non-hydrogen) atoms. The summed E-state index contributed by atoms with van der Waals surface area (Å²) in [5.41, 5.74) is 5.38. The van der Waals surface area contributed by atoms with Crippen LogP contribution in [0, 0.1) is 11.8 Å². The van der Waals surface area contributed by atoms with E-state index in [0.29, 0.717) is 17.2 Å². The van der Waals surface area contributed by atoms with Crippen molar-refractivity contribution in [1.29, 1.82) is 0 Å². The van der Waals surface area contributed by atoms with E-state index in [4.69, 9.17) is 23.7 Å². The summed E-state index contributed by atoms with van der Waals surface area (Å²) < 4.78 is 26.8. The second-order valence-electron chi connectivity index (χ2n) is 14.0. The second-order valence-corrected chi connectivity index (χ2v) is 14.0. The van der Waals surface area contributed by atoms with Gasteiger partial charge in [0.25, 0.3) is 5.91 Å². The van der Waals surface area contributed by atoms with Crippen molar-refractivity contribution in [3.05, 3.63) is 89.5 Å². The zero-order valence-electron chi connectivity index (χ0n) is 34.2. The average Bonchev–Trinajstić information content (AvgIpc) is 3.18. The molecule has 0 fully saturated rings. The fourth-order valence-electron chi connectivity index (χ4n) is 5.87. The summed E-state index contributed by atoms with van der Waals surface area (Å²) in [7, 11) is 3.14. The molecule has 0 spiro atoms. The smallest absolute Gasteiger partial charge is 0.407 e. The van der Waals surface area contributed by atoms with Crippen molar-refractivity contribution in [3.63, 3.8) is 0 Å². The van der Waals surface area contributed by atoms with Crippen molar-refractivity contribution >= 4 is 24.0 Å². The molecule has 15 nitrogen and oxygen atoms in total. The number of alkyl carbamates (subject to hydrolysis) is 2. The zero-order valence-corrected chi connectivity index (χ0v) is 34.2. The number of nitrogens with zero attached hydrogens (tertiary/aromatic N) is 1. The lowest BCUT2D eigenvalue weighted by atomic mass is 9.98. The van der Waals surface area contributed by atoms with Gasteiger partial charge in [0.1, 0.15) is 24.4 Å². The number of aliphatic hydroxyl groups excluding tert-OH is 1. The van der Waals surface area contributed by atoms with Crippen LogP contribution in [-0.2, 0) is 38.6 Å². The maximum Gasteiger partial charge on any atom is 0.407 e. The summed E-state index contributed by atoms with van der Waals surface area (Å²) in [5, 5.41) is 21.6. The number of amides is 4. The first-order valence-corrected chi connectivity index (χ1v) is 19.1. The molecule has 15 heteroatoms. The Hall–Kier alpha value is -5.54. The Morgan fingerprint density at radius 3 is 1.79 bits per heavy atom. The van der Waals surface area contributed by atoms with E-state index in [0.717, 1.165) is 16.7 Å². The molecule has 0 unspecified atom stereocenters. The molecule has 0 heterocycles.